The number of para-hydroxylation sites is 1. The van der Waals surface area contributed by atoms with Crippen LogP contribution in [-0.2, 0) is 32.5 Å². The van der Waals surface area contributed by atoms with Crippen molar-refractivity contribution in [2.24, 2.45) is 0 Å². The smallest absolute Gasteiger partial charge is 0.297 e. The van der Waals surface area contributed by atoms with Crippen LogP contribution in [0.2, 0.25) is 0 Å². The van der Waals surface area contributed by atoms with Crippen LogP contribution in [0.4, 0.5) is 51.2 Å². The van der Waals surface area contributed by atoms with Gasteiger partial charge in [0.25, 0.3) is 6.71 Å². The highest BCUT2D eigenvalue weighted by Crippen LogP contribution is 2.57. The lowest BCUT2D eigenvalue weighted by Gasteiger charge is -2.47. The molecule has 0 N–H and O–H groups in total. The highest BCUT2D eigenvalue weighted by molar-refractivity contribution is 7.26. The minimum Gasteiger partial charge on any atom is -0.468 e. The van der Waals surface area contributed by atoms with E-state index in [9.17, 15) is 0 Å². The van der Waals surface area contributed by atoms with Gasteiger partial charge in [-0.15, -0.1) is 11.3 Å². The number of thiophene rings is 1. The fourth-order valence-electron chi connectivity index (χ4n) is 15.9. The Morgan fingerprint density at radius 1 is 0.451 bits per heavy atom. The van der Waals surface area contributed by atoms with Crippen molar-refractivity contribution in [1.29, 1.82) is 0 Å². The number of benzene rings is 8. The fraction of sp³-hybridized carbons (Fsp3) is 0.342. The van der Waals surface area contributed by atoms with Crippen molar-refractivity contribution in [3.8, 4) is 0 Å². The van der Waals surface area contributed by atoms with E-state index >= 15 is 0 Å². The van der Waals surface area contributed by atoms with Gasteiger partial charge in [0, 0.05) is 55.0 Å². The van der Waals surface area contributed by atoms with Gasteiger partial charge in [-0.05, 0) is 213 Å². The summed E-state index contributed by atoms with van der Waals surface area (Å²) in [5, 5.41) is 3.80. The Morgan fingerprint density at radius 3 is 1.71 bits per heavy atom. The Kier molecular flexibility index (Phi) is 10.9. The molecule has 0 fully saturated rings. The number of furan rings is 1. The topological polar surface area (TPSA) is 22.9 Å². The quantitative estimate of drug-likeness (QED) is 0.160. The summed E-state index contributed by atoms with van der Waals surface area (Å²) < 4.78 is 10.5. The van der Waals surface area contributed by atoms with Gasteiger partial charge in [0.1, 0.15) is 5.58 Å². The van der Waals surface area contributed by atoms with E-state index in [0.29, 0.717) is 0 Å². The first-order valence-electron chi connectivity index (χ1n) is 30.5. The molecule has 0 atom stereocenters. The van der Waals surface area contributed by atoms with Gasteiger partial charge in [0.05, 0.1) is 27.4 Å². The predicted molar refractivity (Wildman–Crippen MR) is 353 cm³/mol. The Labute approximate surface area is 491 Å². The van der Waals surface area contributed by atoms with Gasteiger partial charge in [-0.1, -0.05) is 156 Å². The van der Waals surface area contributed by atoms with E-state index < -0.39 is 0 Å². The van der Waals surface area contributed by atoms with Crippen LogP contribution in [0.5, 0.6) is 0 Å². The molecular weight excluding hydrogens is 1010 g/mol. The van der Waals surface area contributed by atoms with E-state index in [1.807, 2.05) is 11.3 Å². The van der Waals surface area contributed by atoms with E-state index in [4.69, 9.17) is 4.42 Å². The van der Waals surface area contributed by atoms with Crippen LogP contribution in [0.15, 0.2) is 150 Å². The van der Waals surface area contributed by atoms with Gasteiger partial charge >= 0.3 is 0 Å². The first-order chi connectivity index (χ1) is 38.9. The summed E-state index contributed by atoms with van der Waals surface area (Å²) in [7, 11) is 0. The second-order valence-electron chi connectivity index (χ2n) is 29.4. The summed E-state index contributed by atoms with van der Waals surface area (Å²) in [6, 6.07) is 57.2. The van der Waals surface area contributed by atoms with Gasteiger partial charge in [0.2, 0.25) is 0 Å². The minimum absolute atomic E-state index is 0.00572. The lowest BCUT2D eigenvalue weighted by atomic mass is 9.35. The molecule has 15 rings (SSSR count). The van der Waals surface area contributed by atoms with Crippen molar-refractivity contribution in [3.05, 3.63) is 190 Å². The molecule has 0 unspecified atom stereocenters. The molecule has 8 aromatic carbocycles. The number of hydrogen-bond acceptors (Lipinski definition) is 5. The van der Waals surface area contributed by atoms with Crippen LogP contribution in [0, 0.1) is 13.8 Å². The molecular formula is C76H78BN3OS. The van der Waals surface area contributed by atoms with Crippen molar-refractivity contribution in [1.82, 2.24) is 0 Å². The number of hydrogen-bond donors (Lipinski definition) is 0. The van der Waals surface area contributed by atoms with Crippen molar-refractivity contribution in [2.75, 3.05) is 14.7 Å². The molecule has 2 aliphatic heterocycles. The fourth-order valence-corrected chi connectivity index (χ4v) is 17.1. The van der Waals surface area contributed by atoms with Crippen LogP contribution in [0.1, 0.15) is 166 Å². The van der Waals surface area contributed by atoms with E-state index in [-0.39, 0.29) is 39.2 Å². The monoisotopic (exact) mass is 1090 g/mol. The third-order valence-electron chi connectivity index (χ3n) is 21.2. The maximum atomic E-state index is 7.93. The maximum absolute atomic E-state index is 7.93. The second kappa shape index (κ2) is 17.3. The Balaban J connectivity index is 1.14. The van der Waals surface area contributed by atoms with Crippen molar-refractivity contribution < 1.29 is 4.42 Å². The zero-order valence-electron chi connectivity index (χ0n) is 50.8. The molecule has 0 saturated heterocycles. The average molecular weight is 1090 g/mol. The molecule has 0 saturated carbocycles. The summed E-state index contributed by atoms with van der Waals surface area (Å²) in [4.78, 5) is 7.94. The molecule has 0 bridgehead atoms. The van der Waals surface area contributed by atoms with Gasteiger partial charge < -0.3 is 19.1 Å². The standard InChI is InChI=1S/C76H78BN3OS/c1-45-21-19-23-47(37-45)78(60-26-17-15-22-46(60)2)49-39-63-67-64(40-49)80(61-27-20-25-51-50-24-16-18-28-66(50)82-69(51)61)62-43-57-56(74(9,10)34-35-75(57,11)12)42-59(62)77(67)70-68(52-41-55-58(44-65(52)81-70)76(13,14)36-33-73(55,7)8)79(63)48-29-30-53-54(38-48)72(5,6)32-31-71(53,3)4/h15-30,37-44H,31-36H2,1-14H3. The molecule has 4 heterocycles. The predicted octanol–water partition coefficient (Wildman–Crippen LogP) is 20.0. The van der Waals surface area contributed by atoms with Gasteiger partial charge in [-0.2, -0.15) is 0 Å². The maximum Gasteiger partial charge on any atom is 0.297 e. The molecule has 4 nitrogen and oxygen atoms in total. The SMILES string of the molecule is Cc1cccc(N(c2cc3c4c(c2)N(c2cccc5c2sc2ccccc25)c2cc5c(cc2B4c2oc4cc6c(cc4c2N3c2ccc3c(c2)C(C)(C)CCC3(C)C)C(C)(C)CCC6(C)C)C(C)(C)CCC5(C)C)c2ccccc2C)c1. The lowest BCUT2D eigenvalue weighted by molar-refractivity contribution is 0.332. The third-order valence-corrected chi connectivity index (χ3v) is 22.4. The van der Waals surface area contributed by atoms with Gasteiger partial charge in [-0.3, -0.25) is 0 Å². The zero-order chi connectivity index (χ0) is 56.9. The summed E-state index contributed by atoms with van der Waals surface area (Å²) in [6.07, 6.45) is 6.83. The normalized spacial score (nSPS) is 19.1. The number of aryl methyl sites for hydroxylation is 2. The summed E-state index contributed by atoms with van der Waals surface area (Å²) in [6.45, 7) is 33.9. The lowest BCUT2D eigenvalue weighted by Crippen LogP contribution is -2.61. The molecule has 0 amide bonds. The summed E-state index contributed by atoms with van der Waals surface area (Å²) >= 11 is 1.92. The summed E-state index contributed by atoms with van der Waals surface area (Å²) in [5.74, 6) is 0. The number of rotatable bonds is 5. The minimum atomic E-state index is -0.214. The van der Waals surface area contributed by atoms with Crippen LogP contribution in [0.25, 0.3) is 31.1 Å². The van der Waals surface area contributed by atoms with Gasteiger partial charge in [0.15, 0.2) is 0 Å². The van der Waals surface area contributed by atoms with E-state index in [1.165, 1.54) is 115 Å². The Morgan fingerprint density at radius 2 is 1.02 bits per heavy atom. The first kappa shape index (κ1) is 51.8. The van der Waals surface area contributed by atoms with Gasteiger partial charge in [-0.25, -0.2) is 0 Å². The second-order valence-corrected chi connectivity index (χ2v) is 30.5. The molecule has 0 radical (unpaired) electrons. The third kappa shape index (κ3) is 7.47. The van der Waals surface area contributed by atoms with Crippen molar-refractivity contribution >= 4 is 117 Å². The van der Waals surface area contributed by atoms with E-state index in [2.05, 4.69) is 257 Å². The highest BCUT2D eigenvalue weighted by Gasteiger charge is 2.51. The average Bonchev–Trinajstić information content (AvgIpc) is 1.27. The largest absolute Gasteiger partial charge is 0.468 e. The van der Waals surface area contributed by atoms with E-state index in [0.717, 1.165) is 66.8 Å². The molecule has 5 aliphatic rings. The van der Waals surface area contributed by atoms with Crippen LogP contribution in [0.3, 0.4) is 0 Å². The molecule has 412 valence electrons. The molecule has 3 aliphatic carbocycles. The number of fused-ring (bicyclic) bond motifs is 12. The zero-order valence-corrected chi connectivity index (χ0v) is 51.7. The highest BCUT2D eigenvalue weighted by atomic mass is 32.1. The Bertz CT molecular complexity index is 4370. The van der Waals surface area contributed by atoms with E-state index in [1.54, 1.807) is 0 Å². The number of nitrogens with zero attached hydrogens (tertiary/aromatic N) is 3. The molecule has 82 heavy (non-hydrogen) atoms. The first-order valence-corrected chi connectivity index (χ1v) is 31.3. The number of anilines is 9. The Hall–Kier alpha value is -7.02. The molecule has 2 aromatic heterocycles. The van der Waals surface area contributed by atoms with Crippen molar-refractivity contribution in [2.45, 2.75) is 168 Å². The van der Waals surface area contributed by atoms with Crippen LogP contribution in [-0.4, -0.2) is 6.71 Å². The molecule has 0 spiro atoms. The molecule has 6 heteroatoms. The van der Waals surface area contributed by atoms with Crippen LogP contribution < -0.4 is 31.3 Å². The summed E-state index contributed by atoms with van der Waals surface area (Å²) in [5.41, 5.74) is 26.3. The molecule has 10 aromatic rings. The van der Waals surface area contributed by atoms with Crippen molar-refractivity contribution in [3.63, 3.8) is 0 Å². The van der Waals surface area contributed by atoms with Crippen LogP contribution >= 0.6 is 11.3 Å².